The number of rotatable bonds is 5. The number of allylic oxidation sites excluding steroid dienone is 3. The van der Waals surface area contributed by atoms with E-state index < -0.39 is 24.1 Å². The summed E-state index contributed by atoms with van der Waals surface area (Å²) in [7, 11) is -0.636. The van der Waals surface area contributed by atoms with Crippen molar-refractivity contribution < 1.29 is 18.5 Å². The summed E-state index contributed by atoms with van der Waals surface area (Å²) < 4.78 is 26.3. The van der Waals surface area contributed by atoms with Crippen molar-refractivity contribution in [3.8, 4) is 0 Å². The molecule has 140 valence electrons. The van der Waals surface area contributed by atoms with Gasteiger partial charge in [-0.25, -0.2) is 4.39 Å². The fourth-order valence-corrected chi connectivity index (χ4v) is 2.61. The number of halogens is 1. The Balaban J connectivity index is 2.10. The first kappa shape index (κ1) is 20.4. The second-order valence-electron chi connectivity index (χ2n) is 7.42. The van der Waals surface area contributed by atoms with Crippen molar-refractivity contribution >= 4 is 24.2 Å². The SMILES string of the molecule is C/C=C\C(=C/C)CC(=O)Nc1ccc(B2OC(C)(C)C(C)(C)O2)cc1F. The maximum atomic E-state index is 14.5. The Hall–Kier alpha value is -1.92. The predicted octanol–water partition coefficient (Wildman–Crippen LogP) is 3.98. The molecule has 4 nitrogen and oxygen atoms in total. The van der Waals surface area contributed by atoms with Crippen LogP contribution in [0.15, 0.2) is 42.0 Å². The Morgan fingerprint density at radius 1 is 1.19 bits per heavy atom. The van der Waals surface area contributed by atoms with Crippen LogP contribution in [0.3, 0.4) is 0 Å². The lowest BCUT2D eigenvalue weighted by molar-refractivity contribution is -0.115. The highest BCUT2D eigenvalue weighted by atomic mass is 19.1. The van der Waals surface area contributed by atoms with Crippen molar-refractivity contribution in [3.05, 3.63) is 47.8 Å². The standard InChI is InChI=1S/C20H27BFNO3/c1-7-9-14(8-2)12-18(24)23-17-11-10-15(13-16(17)22)21-25-19(3,4)20(5,6)26-21/h7-11,13H,12H2,1-6H3,(H,23,24)/b9-7-,14-8+. The molecule has 1 N–H and O–H groups in total. The molecule has 1 aromatic rings. The van der Waals surface area contributed by atoms with Gasteiger partial charge in [0.05, 0.1) is 23.3 Å². The molecule has 1 fully saturated rings. The number of nitrogens with one attached hydrogen (secondary N) is 1. The number of hydrogen-bond acceptors (Lipinski definition) is 3. The molecule has 0 atom stereocenters. The van der Waals surface area contributed by atoms with E-state index in [0.29, 0.717) is 5.46 Å². The normalized spacial score (nSPS) is 19.2. The Labute approximate surface area is 155 Å². The number of carbonyl (C=O) groups is 1. The van der Waals surface area contributed by atoms with Crippen molar-refractivity contribution in [3.63, 3.8) is 0 Å². The zero-order chi connectivity index (χ0) is 19.5. The molecule has 0 aromatic heterocycles. The number of anilines is 1. The van der Waals surface area contributed by atoms with Gasteiger partial charge in [0.25, 0.3) is 0 Å². The maximum Gasteiger partial charge on any atom is 0.494 e. The van der Waals surface area contributed by atoms with Crippen LogP contribution in [0.1, 0.15) is 48.0 Å². The zero-order valence-corrected chi connectivity index (χ0v) is 16.4. The third-order valence-corrected chi connectivity index (χ3v) is 4.91. The molecule has 6 heteroatoms. The van der Waals surface area contributed by atoms with E-state index in [0.717, 1.165) is 5.57 Å². The summed E-state index contributed by atoms with van der Waals surface area (Å²) in [5.74, 6) is -0.780. The van der Waals surface area contributed by atoms with Crippen LogP contribution in [-0.2, 0) is 14.1 Å². The van der Waals surface area contributed by atoms with Crippen LogP contribution in [0, 0.1) is 5.82 Å². The smallest absolute Gasteiger partial charge is 0.399 e. The molecule has 0 aliphatic carbocycles. The Kier molecular flexibility index (Phi) is 6.09. The van der Waals surface area contributed by atoms with Gasteiger partial charge in [-0.2, -0.15) is 0 Å². The van der Waals surface area contributed by atoms with E-state index in [9.17, 15) is 9.18 Å². The predicted molar refractivity (Wildman–Crippen MR) is 104 cm³/mol. The molecule has 1 saturated heterocycles. The minimum atomic E-state index is -0.636. The van der Waals surface area contributed by atoms with Crippen LogP contribution in [-0.4, -0.2) is 24.2 Å². The van der Waals surface area contributed by atoms with Gasteiger partial charge in [-0.3, -0.25) is 4.79 Å². The van der Waals surface area contributed by atoms with Gasteiger partial charge in [-0.15, -0.1) is 0 Å². The molecule has 0 radical (unpaired) electrons. The average molecular weight is 359 g/mol. The first-order chi connectivity index (χ1) is 12.1. The van der Waals surface area contributed by atoms with E-state index in [2.05, 4.69) is 5.32 Å². The summed E-state index contributed by atoms with van der Waals surface area (Å²) in [6.07, 6.45) is 5.77. The van der Waals surface area contributed by atoms with Crippen LogP contribution in [0.25, 0.3) is 0 Å². The van der Waals surface area contributed by atoms with Gasteiger partial charge in [-0.05, 0) is 64.7 Å². The minimum Gasteiger partial charge on any atom is -0.399 e. The van der Waals surface area contributed by atoms with Gasteiger partial charge < -0.3 is 14.6 Å². The molecule has 1 heterocycles. The highest BCUT2D eigenvalue weighted by Gasteiger charge is 2.51. The molecular formula is C20H27BFNO3. The van der Waals surface area contributed by atoms with Crippen molar-refractivity contribution in [2.45, 2.75) is 59.2 Å². The first-order valence-corrected chi connectivity index (χ1v) is 8.82. The second-order valence-corrected chi connectivity index (χ2v) is 7.42. The largest absolute Gasteiger partial charge is 0.494 e. The molecule has 1 aliphatic rings. The molecule has 1 aromatic carbocycles. The summed E-state index contributed by atoms with van der Waals surface area (Å²) in [4.78, 5) is 12.1. The minimum absolute atomic E-state index is 0.145. The highest BCUT2D eigenvalue weighted by Crippen LogP contribution is 2.36. The number of benzene rings is 1. The third-order valence-electron chi connectivity index (χ3n) is 4.91. The van der Waals surface area contributed by atoms with Crippen molar-refractivity contribution in [1.82, 2.24) is 0 Å². The zero-order valence-electron chi connectivity index (χ0n) is 16.4. The van der Waals surface area contributed by atoms with Gasteiger partial charge in [0.1, 0.15) is 5.82 Å². The molecule has 1 aliphatic heterocycles. The maximum absolute atomic E-state index is 14.5. The van der Waals surface area contributed by atoms with Crippen LogP contribution in [0.5, 0.6) is 0 Å². The molecular weight excluding hydrogens is 332 g/mol. The summed E-state index contributed by atoms with van der Waals surface area (Å²) in [5.41, 5.74) is 0.626. The third kappa shape index (κ3) is 4.43. The van der Waals surface area contributed by atoms with E-state index in [1.165, 1.54) is 6.07 Å². The van der Waals surface area contributed by atoms with E-state index in [4.69, 9.17) is 9.31 Å². The molecule has 0 bridgehead atoms. The fourth-order valence-electron chi connectivity index (χ4n) is 2.61. The van der Waals surface area contributed by atoms with Crippen molar-refractivity contribution in [2.24, 2.45) is 0 Å². The number of amides is 1. The fraction of sp³-hybridized carbons (Fsp3) is 0.450. The molecule has 26 heavy (non-hydrogen) atoms. The van der Waals surface area contributed by atoms with Crippen LogP contribution in [0.4, 0.5) is 10.1 Å². The monoisotopic (exact) mass is 359 g/mol. The van der Waals surface area contributed by atoms with Gasteiger partial charge in [-0.1, -0.05) is 24.3 Å². The van der Waals surface area contributed by atoms with Crippen LogP contribution < -0.4 is 10.8 Å². The van der Waals surface area contributed by atoms with Gasteiger partial charge in [0, 0.05) is 0 Å². The number of hydrogen-bond donors (Lipinski definition) is 1. The summed E-state index contributed by atoms with van der Waals surface area (Å²) >= 11 is 0. The highest BCUT2D eigenvalue weighted by molar-refractivity contribution is 6.62. The first-order valence-electron chi connectivity index (χ1n) is 8.82. The van der Waals surface area contributed by atoms with Crippen molar-refractivity contribution in [1.29, 1.82) is 0 Å². The summed E-state index contributed by atoms with van der Waals surface area (Å²) in [6, 6.07) is 4.60. The number of carbonyl (C=O) groups excluding carboxylic acids is 1. The molecule has 0 spiro atoms. The Morgan fingerprint density at radius 2 is 1.81 bits per heavy atom. The van der Waals surface area contributed by atoms with E-state index >= 15 is 0 Å². The van der Waals surface area contributed by atoms with Gasteiger partial charge >= 0.3 is 7.12 Å². The Bertz CT molecular complexity index is 725. The van der Waals surface area contributed by atoms with E-state index in [1.807, 2.05) is 59.8 Å². The molecule has 1 amide bonds. The molecule has 0 unspecified atom stereocenters. The van der Waals surface area contributed by atoms with Crippen LogP contribution >= 0.6 is 0 Å². The Morgan fingerprint density at radius 3 is 2.31 bits per heavy atom. The van der Waals surface area contributed by atoms with E-state index in [-0.39, 0.29) is 18.0 Å². The van der Waals surface area contributed by atoms with Crippen molar-refractivity contribution in [2.75, 3.05) is 5.32 Å². The van der Waals surface area contributed by atoms with E-state index in [1.54, 1.807) is 12.1 Å². The molecule has 2 rings (SSSR count). The second kappa shape index (κ2) is 7.76. The lowest BCUT2D eigenvalue weighted by Gasteiger charge is -2.32. The summed E-state index contributed by atoms with van der Waals surface area (Å²) in [5, 5.41) is 2.61. The summed E-state index contributed by atoms with van der Waals surface area (Å²) in [6.45, 7) is 11.5. The molecule has 0 saturated carbocycles. The topological polar surface area (TPSA) is 47.6 Å². The van der Waals surface area contributed by atoms with Gasteiger partial charge in [0.15, 0.2) is 0 Å². The average Bonchev–Trinajstić information content (AvgIpc) is 2.77. The van der Waals surface area contributed by atoms with Crippen LogP contribution in [0.2, 0.25) is 0 Å². The van der Waals surface area contributed by atoms with Gasteiger partial charge in [0.2, 0.25) is 5.91 Å². The quantitative estimate of drug-likeness (QED) is 0.639. The lowest BCUT2D eigenvalue weighted by atomic mass is 9.79. The lowest BCUT2D eigenvalue weighted by Crippen LogP contribution is -2.41.